The van der Waals surface area contributed by atoms with E-state index >= 15 is 0 Å². The van der Waals surface area contributed by atoms with Crippen molar-refractivity contribution < 1.29 is 18.3 Å². The molecule has 4 heteroatoms. The zero-order valence-corrected chi connectivity index (χ0v) is 11.7. The zero-order valence-electron chi connectivity index (χ0n) is 11.7. The highest BCUT2D eigenvalue weighted by atomic mass is 19.2. The van der Waals surface area contributed by atoms with E-state index in [2.05, 4.69) is 6.92 Å². The van der Waals surface area contributed by atoms with E-state index in [4.69, 9.17) is 4.74 Å². The molecule has 110 valence electrons. The zero-order chi connectivity index (χ0) is 15.2. The van der Waals surface area contributed by atoms with Crippen LogP contribution < -0.4 is 4.74 Å². The summed E-state index contributed by atoms with van der Waals surface area (Å²) < 4.78 is 30.9. The van der Waals surface area contributed by atoms with Gasteiger partial charge in [-0.25, -0.2) is 8.78 Å². The van der Waals surface area contributed by atoms with Gasteiger partial charge in [0.25, 0.3) is 0 Å². The average molecular weight is 290 g/mol. The molecule has 0 heterocycles. The van der Waals surface area contributed by atoms with Crippen LogP contribution in [-0.4, -0.2) is 12.4 Å². The summed E-state index contributed by atoms with van der Waals surface area (Å²) in [5.74, 6) is -2.02. The third kappa shape index (κ3) is 4.12. The standard InChI is InChI=1S/C17H16F2O2/c1-2-3-12-4-6-13(7-5-12)17(20)11-21-14-8-9-15(18)16(19)10-14/h4-10H,2-3,11H2,1H3. The first-order valence-corrected chi connectivity index (χ1v) is 6.80. The van der Waals surface area contributed by atoms with E-state index in [0.717, 1.165) is 25.0 Å². The van der Waals surface area contributed by atoms with Crippen LogP contribution in [-0.2, 0) is 6.42 Å². The number of rotatable bonds is 6. The first-order chi connectivity index (χ1) is 10.1. The number of benzene rings is 2. The highest BCUT2D eigenvalue weighted by Crippen LogP contribution is 2.16. The van der Waals surface area contributed by atoms with Crippen LogP contribution in [0.25, 0.3) is 0 Å². The fraction of sp³-hybridized carbons (Fsp3) is 0.235. The van der Waals surface area contributed by atoms with Gasteiger partial charge in [0.05, 0.1) is 0 Å². The lowest BCUT2D eigenvalue weighted by atomic mass is 10.1. The number of aryl methyl sites for hydroxylation is 1. The second-order valence-electron chi connectivity index (χ2n) is 4.73. The van der Waals surface area contributed by atoms with Crippen LogP contribution in [0.4, 0.5) is 8.78 Å². The Morgan fingerprint density at radius 1 is 1.05 bits per heavy atom. The van der Waals surface area contributed by atoms with E-state index in [1.165, 1.54) is 11.6 Å². The van der Waals surface area contributed by atoms with E-state index < -0.39 is 11.6 Å². The van der Waals surface area contributed by atoms with Crippen LogP contribution in [0.2, 0.25) is 0 Å². The van der Waals surface area contributed by atoms with Crippen molar-refractivity contribution in [1.29, 1.82) is 0 Å². The summed E-state index contributed by atoms with van der Waals surface area (Å²) in [6, 6.07) is 10.5. The molecule has 0 aliphatic heterocycles. The summed E-state index contributed by atoms with van der Waals surface area (Å²) in [5.41, 5.74) is 1.72. The number of hydrogen-bond acceptors (Lipinski definition) is 2. The fourth-order valence-electron chi connectivity index (χ4n) is 1.94. The molecule has 0 bridgehead atoms. The molecular weight excluding hydrogens is 274 g/mol. The van der Waals surface area contributed by atoms with Crippen molar-refractivity contribution in [2.45, 2.75) is 19.8 Å². The van der Waals surface area contributed by atoms with Gasteiger partial charge in [-0.1, -0.05) is 37.6 Å². The molecule has 0 atom stereocenters. The van der Waals surface area contributed by atoms with Crippen molar-refractivity contribution in [1.82, 2.24) is 0 Å². The van der Waals surface area contributed by atoms with E-state index in [0.29, 0.717) is 5.56 Å². The monoisotopic (exact) mass is 290 g/mol. The summed E-state index contributed by atoms with van der Waals surface area (Å²) in [4.78, 5) is 11.9. The lowest BCUT2D eigenvalue weighted by Gasteiger charge is -2.06. The Labute approximate surface area is 122 Å². The minimum atomic E-state index is -0.996. The number of hydrogen-bond donors (Lipinski definition) is 0. The highest BCUT2D eigenvalue weighted by Gasteiger charge is 2.08. The average Bonchev–Trinajstić information content (AvgIpc) is 2.49. The Balaban J connectivity index is 1.96. The largest absolute Gasteiger partial charge is 0.485 e. The smallest absolute Gasteiger partial charge is 0.200 e. The predicted octanol–water partition coefficient (Wildman–Crippen LogP) is 4.18. The number of halogens is 2. The Morgan fingerprint density at radius 3 is 2.38 bits per heavy atom. The number of ether oxygens (including phenoxy) is 1. The van der Waals surface area contributed by atoms with Crippen molar-refractivity contribution in [3.8, 4) is 5.75 Å². The molecule has 2 aromatic carbocycles. The van der Waals surface area contributed by atoms with E-state index in [1.807, 2.05) is 12.1 Å². The lowest BCUT2D eigenvalue weighted by Crippen LogP contribution is -2.11. The molecule has 0 amide bonds. The van der Waals surface area contributed by atoms with Crippen LogP contribution in [0.5, 0.6) is 5.75 Å². The Hall–Kier alpha value is -2.23. The second kappa shape index (κ2) is 6.97. The van der Waals surface area contributed by atoms with Crippen molar-refractivity contribution in [2.24, 2.45) is 0 Å². The lowest BCUT2D eigenvalue weighted by molar-refractivity contribution is 0.0921. The summed E-state index contributed by atoms with van der Waals surface area (Å²) in [7, 11) is 0. The van der Waals surface area contributed by atoms with Gasteiger partial charge in [-0.3, -0.25) is 4.79 Å². The van der Waals surface area contributed by atoms with E-state index in [1.54, 1.807) is 12.1 Å². The third-order valence-electron chi connectivity index (χ3n) is 3.08. The van der Waals surface area contributed by atoms with Gasteiger partial charge in [-0.05, 0) is 24.1 Å². The molecule has 0 fully saturated rings. The van der Waals surface area contributed by atoms with Crippen molar-refractivity contribution in [3.63, 3.8) is 0 Å². The van der Waals surface area contributed by atoms with Crippen molar-refractivity contribution in [2.75, 3.05) is 6.61 Å². The number of carbonyl (C=O) groups is 1. The van der Waals surface area contributed by atoms with Gasteiger partial charge in [0, 0.05) is 11.6 Å². The summed E-state index contributed by atoms with van der Waals surface area (Å²) in [5, 5.41) is 0. The maximum absolute atomic E-state index is 13.0. The van der Waals surface area contributed by atoms with Gasteiger partial charge in [0.1, 0.15) is 5.75 Å². The van der Waals surface area contributed by atoms with E-state index in [9.17, 15) is 13.6 Å². The summed E-state index contributed by atoms with van der Waals surface area (Å²) in [6.07, 6.45) is 2.02. The van der Waals surface area contributed by atoms with Crippen LogP contribution in [0, 0.1) is 11.6 Å². The topological polar surface area (TPSA) is 26.3 Å². The van der Waals surface area contributed by atoms with Gasteiger partial charge in [-0.15, -0.1) is 0 Å². The predicted molar refractivity (Wildman–Crippen MR) is 76.6 cm³/mol. The van der Waals surface area contributed by atoms with E-state index in [-0.39, 0.29) is 18.1 Å². The molecule has 2 rings (SSSR count). The normalized spacial score (nSPS) is 10.4. The highest BCUT2D eigenvalue weighted by molar-refractivity contribution is 5.97. The van der Waals surface area contributed by atoms with Crippen LogP contribution >= 0.6 is 0 Å². The molecule has 0 saturated heterocycles. The summed E-state index contributed by atoms with van der Waals surface area (Å²) >= 11 is 0. The first kappa shape index (κ1) is 15.2. The number of carbonyl (C=O) groups excluding carboxylic acids is 1. The quantitative estimate of drug-likeness (QED) is 0.746. The molecule has 0 N–H and O–H groups in total. The van der Waals surface area contributed by atoms with Crippen molar-refractivity contribution >= 4 is 5.78 Å². The molecule has 0 spiro atoms. The summed E-state index contributed by atoms with van der Waals surface area (Å²) in [6.45, 7) is 1.88. The van der Waals surface area contributed by atoms with Gasteiger partial charge < -0.3 is 4.74 Å². The molecule has 0 aromatic heterocycles. The maximum atomic E-state index is 13.0. The second-order valence-corrected chi connectivity index (χ2v) is 4.73. The first-order valence-electron chi connectivity index (χ1n) is 6.80. The van der Waals surface area contributed by atoms with Crippen LogP contribution in [0.1, 0.15) is 29.3 Å². The minimum absolute atomic E-state index is 0.129. The van der Waals surface area contributed by atoms with Gasteiger partial charge in [-0.2, -0.15) is 0 Å². The van der Waals surface area contributed by atoms with Gasteiger partial charge in [0.2, 0.25) is 0 Å². The SMILES string of the molecule is CCCc1ccc(C(=O)COc2ccc(F)c(F)c2)cc1. The molecule has 0 aliphatic rings. The molecular formula is C17H16F2O2. The number of ketones is 1. The molecule has 2 aromatic rings. The minimum Gasteiger partial charge on any atom is -0.485 e. The Morgan fingerprint density at radius 2 is 1.76 bits per heavy atom. The van der Waals surface area contributed by atoms with Crippen LogP contribution in [0.15, 0.2) is 42.5 Å². The van der Waals surface area contributed by atoms with Gasteiger partial charge in [0.15, 0.2) is 24.0 Å². The third-order valence-corrected chi connectivity index (χ3v) is 3.08. The molecule has 0 aliphatic carbocycles. The molecule has 0 saturated carbocycles. The molecule has 0 radical (unpaired) electrons. The molecule has 2 nitrogen and oxygen atoms in total. The fourth-order valence-corrected chi connectivity index (χ4v) is 1.94. The number of Topliss-reactive ketones (excluding diaryl/α,β-unsaturated/α-hetero) is 1. The molecule has 21 heavy (non-hydrogen) atoms. The Kier molecular flexibility index (Phi) is 5.04. The van der Waals surface area contributed by atoms with Gasteiger partial charge >= 0.3 is 0 Å². The Bertz CT molecular complexity index is 621. The maximum Gasteiger partial charge on any atom is 0.200 e. The van der Waals surface area contributed by atoms with Crippen molar-refractivity contribution in [3.05, 3.63) is 65.2 Å². The van der Waals surface area contributed by atoms with Crippen LogP contribution in [0.3, 0.4) is 0 Å². The molecule has 0 unspecified atom stereocenters.